The van der Waals surface area contributed by atoms with Gasteiger partial charge in [0.05, 0.1) is 6.20 Å². The van der Waals surface area contributed by atoms with Gasteiger partial charge in [-0.3, -0.25) is 5.73 Å². The molecule has 3 N–H and O–H groups in total. The lowest BCUT2D eigenvalue weighted by molar-refractivity contribution is -0.805. The maximum absolute atomic E-state index is 11.2. The predicted octanol–water partition coefficient (Wildman–Crippen LogP) is 5.72. The van der Waals surface area contributed by atoms with Crippen LogP contribution in [0.1, 0.15) is 97.3 Å². The molecule has 0 aromatic rings. The quantitative estimate of drug-likeness (QED) is 0.189. The summed E-state index contributed by atoms with van der Waals surface area (Å²) in [4.78, 5) is 15.7. The van der Waals surface area contributed by atoms with Gasteiger partial charge in [-0.2, -0.15) is 0 Å². The van der Waals surface area contributed by atoms with Crippen molar-refractivity contribution in [2.75, 3.05) is 6.54 Å². The average Bonchev–Trinajstić information content (AvgIpc) is 3.05. The Hall–Kier alpha value is -1.46. The minimum Gasteiger partial charge on any atom is -0.477 e. The number of carbonyl (C=O) groups is 1. The second-order valence-electron chi connectivity index (χ2n) is 8.05. The molecule has 1 aliphatic rings. The van der Waals surface area contributed by atoms with E-state index in [1.165, 1.54) is 64.2 Å². The van der Waals surface area contributed by atoms with Gasteiger partial charge in [-0.15, -0.1) is 0 Å². The maximum Gasteiger partial charge on any atom is 0.360 e. The summed E-state index contributed by atoms with van der Waals surface area (Å²) in [5.41, 5.74) is 6.09. The van der Waals surface area contributed by atoms with Gasteiger partial charge in [-0.1, -0.05) is 64.0 Å². The SMILES string of the molecule is CCCCCC/C=C/CCCCCCCCC1=NC=C[N+]1(CC(=O)O)C(C)N. The Balaban J connectivity index is 2.08. The third-order valence-corrected chi connectivity index (χ3v) is 5.57. The van der Waals surface area contributed by atoms with Gasteiger partial charge >= 0.3 is 5.97 Å². The molecule has 0 aromatic carbocycles. The number of rotatable bonds is 17. The minimum atomic E-state index is -0.841. The Morgan fingerprint density at radius 3 is 2.21 bits per heavy atom. The average molecular weight is 393 g/mol. The van der Waals surface area contributed by atoms with Crippen LogP contribution in [0.25, 0.3) is 0 Å². The lowest BCUT2D eigenvalue weighted by Crippen LogP contribution is -2.59. The molecule has 2 unspecified atom stereocenters. The molecule has 5 nitrogen and oxygen atoms in total. The molecule has 1 rings (SSSR count). The smallest absolute Gasteiger partial charge is 0.360 e. The van der Waals surface area contributed by atoms with Gasteiger partial charge in [0.2, 0.25) is 5.84 Å². The van der Waals surface area contributed by atoms with Gasteiger partial charge in [0.1, 0.15) is 12.4 Å². The molecular weight excluding hydrogens is 350 g/mol. The number of carboxylic acid groups (broad SMARTS) is 1. The Labute approximate surface area is 172 Å². The fraction of sp³-hybridized carbons (Fsp3) is 0.739. The first-order chi connectivity index (χ1) is 13.5. The number of hydrogen-bond donors (Lipinski definition) is 2. The number of nitrogens with zero attached hydrogens (tertiary/aromatic N) is 2. The predicted molar refractivity (Wildman–Crippen MR) is 118 cm³/mol. The van der Waals surface area contributed by atoms with E-state index < -0.39 is 5.97 Å². The molecule has 1 aliphatic heterocycles. The van der Waals surface area contributed by atoms with Crippen LogP contribution in [-0.4, -0.2) is 34.1 Å². The van der Waals surface area contributed by atoms with Crippen LogP contribution in [0, 0.1) is 0 Å². The number of unbranched alkanes of at least 4 members (excludes halogenated alkanes) is 10. The van der Waals surface area contributed by atoms with E-state index in [1.807, 2.05) is 13.1 Å². The molecule has 0 amide bonds. The van der Waals surface area contributed by atoms with Crippen LogP contribution in [0.15, 0.2) is 29.5 Å². The molecule has 2 atom stereocenters. The van der Waals surface area contributed by atoms with Gasteiger partial charge in [0.25, 0.3) is 0 Å². The van der Waals surface area contributed by atoms with E-state index in [2.05, 4.69) is 24.1 Å². The van der Waals surface area contributed by atoms with Crippen molar-refractivity contribution in [3.8, 4) is 0 Å². The number of allylic oxidation sites excluding steroid dienone is 2. The summed E-state index contributed by atoms with van der Waals surface area (Å²) < 4.78 is 0.167. The molecule has 0 aromatic heterocycles. The van der Waals surface area contributed by atoms with Crippen molar-refractivity contribution in [2.45, 2.75) is 103 Å². The van der Waals surface area contributed by atoms with E-state index in [0.29, 0.717) is 0 Å². The molecule has 0 saturated heterocycles. The molecular formula is C23H42N3O2+. The van der Waals surface area contributed by atoms with Crippen molar-refractivity contribution < 1.29 is 14.4 Å². The van der Waals surface area contributed by atoms with Gasteiger partial charge in [-0.25, -0.2) is 14.3 Å². The first kappa shape index (κ1) is 24.6. The molecule has 5 heteroatoms. The van der Waals surface area contributed by atoms with E-state index in [9.17, 15) is 9.90 Å². The lowest BCUT2D eigenvalue weighted by atomic mass is 10.1. The van der Waals surface area contributed by atoms with Gasteiger partial charge in [-0.05, 0) is 32.1 Å². The van der Waals surface area contributed by atoms with Crippen LogP contribution >= 0.6 is 0 Å². The topological polar surface area (TPSA) is 75.7 Å². The molecule has 160 valence electrons. The summed E-state index contributed by atoms with van der Waals surface area (Å²) in [6.45, 7) is 4.08. The normalized spacial score (nSPS) is 20.0. The Bertz CT molecular complexity index is 526. The number of quaternary nitrogens is 1. The Morgan fingerprint density at radius 1 is 1.07 bits per heavy atom. The molecule has 0 fully saturated rings. The number of carboxylic acids is 1. The van der Waals surface area contributed by atoms with Crippen molar-refractivity contribution in [1.82, 2.24) is 0 Å². The molecule has 0 saturated carbocycles. The maximum atomic E-state index is 11.2. The van der Waals surface area contributed by atoms with Crippen molar-refractivity contribution in [3.63, 3.8) is 0 Å². The number of aliphatic imine (C=N–C) groups is 1. The van der Waals surface area contributed by atoms with E-state index in [1.54, 1.807) is 6.20 Å². The standard InChI is InChI=1S/C23H41N3O2/c1-3-4-5-6-7-8-9-10-11-12-13-14-15-16-17-22-25-18-19-26(22,21(2)24)20-23(27)28/h8-9,18-19,21H,3-7,10-17,20,24H2,1-2H3/p+1/b9-8+. The highest BCUT2D eigenvalue weighted by Gasteiger charge is 2.40. The summed E-state index contributed by atoms with van der Waals surface area (Å²) >= 11 is 0. The second-order valence-corrected chi connectivity index (χ2v) is 8.05. The van der Waals surface area contributed by atoms with Crippen LogP contribution in [0.2, 0.25) is 0 Å². The number of aliphatic carboxylic acids is 1. The highest BCUT2D eigenvalue weighted by molar-refractivity contribution is 5.81. The van der Waals surface area contributed by atoms with Gasteiger partial charge in [0, 0.05) is 13.3 Å². The van der Waals surface area contributed by atoms with Crippen molar-refractivity contribution in [2.24, 2.45) is 10.7 Å². The monoisotopic (exact) mass is 392 g/mol. The number of nitrogens with two attached hydrogens (primary N) is 1. The van der Waals surface area contributed by atoms with Gasteiger partial charge in [0.15, 0.2) is 6.54 Å². The van der Waals surface area contributed by atoms with Crippen molar-refractivity contribution in [3.05, 3.63) is 24.6 Å². The van der Waals surface area contributed by atoms with E-state index in [0.717, 1.165) is 25.1 Å². The largest absolute Gasteiger partial charge is 0.477 e. The van der Waals surface area contributed by atoms with Crippen LogP contribution in [-0.2, 0) is 4.79 Å². The van der Waals surface area contributed by atoms with Crippen LogP contribution < -0.4 is 5.73 Å². The van der Waals surface area contributed by atoms with Gasteiger partial charge < -0.3 is 5.11 Å². The first-order valence-electron chi connectivity index (χ1n) is 11.3. The molecule has 0 aliphatic carbocycles. The van der Waals surface area contributed by atoms with E-state index >= 15 is 0 Å². The third-order valence-electron chi connectivity index (χ3n) is 5.57. The van der Waals surface area contributed by atoms with Crippen molar-refractivity contribution in [1.29, 1.82) is 0 Å². The third kappa shape index (κ3) is 9.16. The second kappa shape index (κ2) is 14.5. The zero-order chi connectivity index (χ0) is 20.7. The Morgan fingerprint density at radius 2 is 1.64 bits per heavy atom. The molecule has 0 bridgehead atoms. The molecule has 1 heterocycles. The van der Waals surface area contributed by atoms with E-state index in [-0.39, 0.29) is 17.2 Å². The highest BCUT2D eigenvalue weighted by atomic mass is 16.4. The molecule has 0 spiro atoms. The fourth-order valence-corrected chi connectivity index (χ4v) is 3.76. The zero-order valence-corrected chi connectivity index (χ0v) is 18.1. The summed E-state index contributed by atoms with van der Waals surface area (Å²) in [5.74, 6) is 0.0491. The number of hydrogen-bond acceptors (Lipinski definition) is 3. The minimum absolute atomic E-state index is 0.0286. The summed E-state index contributed by atoms with van der Waals surface area (Å²) in [5, 5.41) is 9.24. The van der Waals surface area contributed by atoms with Crippen LogP contribution in [0.4, 0.5) is 0 Å². The fourth-order valence-electron chi connectivity index (χ4n) is 3.76. The Kier molecular flexibility index (Phi) is 12.8. The number of amidine groups is 1. The summed E-state index contributed by atoms with van der Waals surface area (Å²) in [6.07, 6.45) is 23.9. The zero-order valence-electron chi connectivity index (χ0n) is 18.1. The van der Waals surface area contributed by atoms with Crippen LogP contribution in [0.3, 0.4) is 0 Å². The van der Waals surface area contributed by atoms with E-state index in [4.69, 9.17) is 5.73 Å². The molecule has 0 radical (unpaired) electrons. The lowest BCUT2D eigenvalue weighted by Gasteiger charge is -2.34. The molecule has 28 heavy (non-hydrogen) atoms. The summed E-state index contributed by atoms with van der Waals surface area (Å²) in [6, 6.07) is 0. The summed E-state index contributed by atoms with van der Waals surface area (Å²) in [7, 11) is 0. The van der Waals surface area contributed by atoms with Crippen LogP contribution in [0.5, 0.6) is 0 Å². The van der Waals surface area contributed by atoms with Crippen molar-refractivity contribution >= 4 is 11.8 Å². The highest BCUT2D eigenvalue weighted by Crippen LogP contribution is 2.23. The first-order valence-corrected chi connectivity index (χ1v) is 11.3.